The van der Waals surface area contributed by atoms with Gasteiger partial charge >= 0.3 is 0 Å². The second-order valence-electron chi connectivity index (χ2n) is 12.0. The highest BCUT2D eigenvalue weighted by atomic mass is 16.3. The molecule has 0 aliphatic carbocycles. The van der Waals surface area contributed by atoms with Gasteiger partial charge in [-0.15, -0.1) is 0 Å². The average Bonchev–Trinajstić information content (AvgIpc) is 2.99. The van der Waals surface area contributed by atoms with Gasteiger partial charge in [0.25, 0.3) is 0 Å². The summed E-state index contributed by atoms with van der Waals surface area (Å²) in [7, 11) is 0. The normalized spacial score (nSPS) is 14.3. The third-order valence-electron chi connectivity index (χ3n) is 7.94. The monoisotopic (exact) mass is 592 g/mol. The van der Waals surface area contributed by atoms with Crippen LogP contribution in [-0.4, -0.2) is 46.1 Å². The van der Waals surface area contributed by atoms with Gasteiger partial charge in [0.05, 0.1) is 18.8 Å². The van der Waals surface area contributed by atoms with Gasteiger partial charge in [-0.3, -0.25) is 4.79 Å². The van der Waals surface area contributed by atoms with Crippen molar-refractivity contribution < 1.29 is 20.1 Å². The first-order valence-corrected chi connectivity index (χ1v) is 17.8. The quantitative estimate of drug-likeness (QED) is 0.0478. The van der Waals surface area contributed by atoms with Gasteiger partial charge in [-0.1, -0.05) is 121 Å². The number of carbonyl (C=O) groups is 1. The highest BCUT2D eigenvalue weighted by Gasteiger charge is 2.26. The number of carbonyl (C=O) groups excluding carboxylic acids is 1. The lowest BCUT2D eigenvalue weighted by Crippen LogP contribution is -2.50. The Labute approximate surface area is 260 Å². The number of rotatable bonds is 31. The molecule has 0 aromatic heterocycles. The molecule has 3 atom stereocenters. The van der Waals surface area contributed by atoms with Gasteiger partial charge < -0.3 is 20.6 Å². The van der Waals surface area contributed by atoms with E-state index in [1.807, 2.05) is 0 Å². The van der Waals surface area contributed by atoms with Gasteiger partial charge in [-0.25, -0.2) is 0 Å². The SMILES string of the molecule is CCCCCCCC/C=C\CCCCCC(=O)NC(CO)C(O)C(O)CCC/C=C/CC/C=C/CCCCCCCC. The predicted molar refractivity (Wildman–Crippen MR) is 181 cm³/mol. The van der Waals surface area contributed by atoms with Gasteiger partial charge in [-0.05, 0) is 77.0 Å². The van der Waals surface area contributed by atoms with E-state index in [1.165, 1.54) is 89.9 Å². The van der Waals surface area contributed by atoms with Crippen LogP contribution in [0.15, 0.2) is 36.5 Å². The van der Waals surface area contributed by atoms with Crippen molar-refractivity contribution >= 4 is 5.91 Å². The molecule has 0 aliphatic heterocycles. The number of allylic oxidation sites excluding steroid dienone is 6. The number of aliphatic hydroxyl groups is 3. The number of hydrogen-bond donors (Lipinski definition) is 4. The summed E-state index contributed by atoms with van der Waals surface area (Å²) in [6.07, 6.45) is 38.0. The third kappa shape index (κ3) is 27.4. The van der Waals surface area contributed by atoms with Crippen molar-refractivity contribution in [2.45, 2.75) is 186 Å². The van der Waals surface area contributed by atoms with Crippen LogP contribution in [0.1, 0.15) is 168 Å². The van der Waals surface area contributed by atoms with E-state index in [9.17, 15) is 20.1 Å². The first kappa shape index (κ1) is 40.6. The van der Waals surface area contributed by atoms with Crippen LogP contribution in [0.5, 0.6) is 0 Å². The standard InChI is InChI=1S/C37H69NO4/c1-3-5-7-9-11-13-15-17-18-20-21-23-25-27-29-31-35(40)37(42)34(33-39)38-36(41)32-30-28-26-24-22-19-16-14-12-10-8-6-4-2/h17-19,22-23,25,34-35,37,39-40,42H,3-16,20-21,24,26-33H2,1-2H3,(H,38,41)/b18-17+,22-19-,25-23+. The molecule has 1 amide bonds. The van der Waals surface area contributed by atoms with Crippen LogP contribution in [0, 0.1) is 0 Å². The lowest BCUT2D eigenvalue weighted by molar-refractivity contribution is -0.124. The Hall–Kier alpha value is -1.43. The topological polar surface area (TPSA) is 89.8 Å². The Kier molecular flexibility index (Phi) is 31.4. The molecule has 3 unspecified atom stereocenters. The maximum absolute atomic E-state index is 12.3. The van der Waals surface area contributed by atoms with E-state index in [2.05, 4.69) is 55.6 Å². The molecule has 42 heavy (non-hydrogen) atoms. The van der Waals surface area contributed by atoms with Crippen molar-refractivity contribution in [1.82, 2.24) is 5.32 Å². The molecule has 246 valence electrons. The minimum absolute atomic E-state index is 0.178. The molecule has 0 heterocycles. The summed E-state index contributed by atoms with van der Waals surface area (Å²) in [4.78, 5) is 12.3. The summed E-state index contributed by atoms with van der Waals surface area (Å²) in [5.74, 6) is -0.178. The van der Waals surface area contributed by atoms with Crippen molar-refractivity contribution in [3.05, 3.63) is 36.5 Å². The van der Waals surface area contributed by atoms with Crippen LogP contribution in [0.2, 0.25) is 0 Å². The molecule has 5 nitrogen and oxygen atoms in total. The van der Waals surface area contributed by atoms with Gasteiger partial charge in [0, 0.05) is 6.42 Å². The third-order valence-corrected chi connectivity index (χ3v) is 7.94. The molecule has 0 aromatic rings. The Morgan fingerprint density at radius 2 is 0.976 bits per heavy atom. The molecule has 4 N–H and O–H groups in total. The van der Waals surface area contributed by atoms with Crippen LogP contribution in [0.25, 0.3) is 0 Å². The highest BCUT2D eigenvalue weighted by molar-refractivity contribution is 5.76. The van der Waals surface area contributed by atoms with E-state index in [0.29, 0.717) is 12.8 Å². The van der Waals surface area contributed by atoms with Crippen molar-refractivity contribution in [3.8, 4) is 0 Å². The lowest BCUT2D eigenvalue weighted by atomic mass is 10.0. The minimum Gasteiger partial charge on any atom is -0.394 e. The predicted octanol–water partition coefficient (Wildman–Crippen LogP) is 9.26. The van der Waals surface area contributed by atoms with E-state index in [4.69, 9.17) is 0 Å². The second kappa shape index (κ2) is 32.5. The Bertz CT molecular complexity index is 660. The first-order valence-electron chi connectivity index (χ1n) is 17.8. The lowest BCUT2D eigenvalue weighted by Gasteiger charge is -2.26. The van der Waals surface area contributed by atoms with Gasteiger partial charge in [0.1, 0.15) is 6.10 Å². The maximum Gasteiger partial charge on any atom is 0.220 e. The Morgan fingerprint density at radius 1 is 0.571 bits per heavy atom. The Morgan fingerprint density at radius 3 is 1.45 bits per heavy atom. The fraction of sp³-hybridized carbons (Fsp3) is 0.811. The number of aliphatic hydroxyl groups excluding tert-OH is 3. The molecular formula is C37H69NO4. The van der Waals surface area contributed by atoms with Gasteiger partial charge in [-0.2, -0.15) is 0 Å². The fourth-order valence-electron chi connectivity index (χ4n) is 5.11. The van der Waals surface area contributed by atoms with Crippen LogP contribution >= 0.6 is 0 Å². The molecule has 0 saturated heterocycles. The summed E-state index contributed by atoms with van der Waals surface area (Å²) >= 11 is 0. The largest absolute Gasteiger partial charge is 0.394 e. The number of unbranched alkanes of at least 4 members (excludes halogenated alkanes) is 17. The number of amides is 1. The zero-order chi connectivity index (χ0) is 30.9. The van der Waals surface area contributed by atoms with E-state index in [-0.39, 0.29) is 12.5 Å². The fourth-order valence-corrected chi connectivity index (χ4v) is 5.11. The molecule has 5 heteroatoms. The zero-order valence-corrected chi connectivity index (χ0v) is 27.6. The molecule has 0 saturated carbocycles. The number of nitrogens with one attached hydrogen (secondary N) is 1. The van der Waals surface area contributed by atoms with Crippen molar-refractivity contribution in [1.29, 1.82) is 0 Å². The van der Waals surface area contributed by atoms with E-state index < -0.39 is 18.2 Å². The second-order valence-corrected chi connectivity index (χ2v) is 12.0. The molecule has 0 aromatic carbocycles. The van der Waals surface area contributed by atoms with Crippen molar-refractivity contribution in [2.24, 2.45) is 0 Å². The van der Waals surface area contributed by atoms with E-state index in [1.54, 1.807) is 0 Å². The molecule has 0 rings (SSSR count). The summed E-state index contributed by atoms with van der Waals surface area (Å²) in [5.41, 5.74) is 0. The van der Waals surface area contributed by atoms with Crippen LogP contribution < -0.4 is 5.32 Å². The summed E-state index contributed by atoms with van der Waals surface area (Å²) in [5, 5.41) is 33.2. The van der Waals surface area contributed by atoms with Crippen molar-refractivity contribution in [3.63, 3.8) is 0 Å². The first-order chi connectivity index (χ1) is 20.6. The van der Waals surface area contributed by atoms with Crippen LogP contribution in [0.3, 0.4) is 0 Å². The Balaban J connectivity index is 3.83. The molecule has 0 spiro atoms. The van der Waals surface area contributed by atoms with E-state index >= 15 is 0 Å². The smallest absolute Gasteiger partial charge is 0.220 e. The summed E-state index contributed by atoms with van der Waals surface area (Å²) < 4.78 is 0. The zero-order valence-electron chi connectivity index (χ0n) is 27.6. The molecule has 0 radical (unpaired) electrons. The van der Waals surface area contributed by atoms with E-state index in [0.717, 1.165) is 51.4 Å². The highest BCUT2D eigenvalue weighted by Crippen LogP contribution is 2.12. The molecule has 0 aliphatic rings. The maximum atomic E-state index is 12.3. The number of hydrogen-bond acceptors (Lipinski definition) is 4. The summed E-state index contributed by atoms with van der Waals surface area (Å²) in [6.45, 7) is 4.11. The summed E-state index contributed by atoms with van der Waals surface area (Å²) in [6, 6.07) is -0.837. The van der Waals surface area contributed by atoms with Gasteiger partial charge in [0.2, 0.25) is 5.91 Å². The minimum atomic E-state index is -1.17. The average molecular weight is 592 g/mol. The molecule has 0 fully saturated rings. The van der Waals surface area contributed by atoms with Crippen LogP contribution in [0.4, 0.5) is 0 Å². The molecular weight excluding hydrogens is 522 g/mol. The van der Waals surface area contributed by atoms with Crippen LogP contribution in [-0.2, 0) is 4.79 Å². The van der Waals surface area contributed by atoms with Gasteiger partial charge in [0.15, 0.2) is 0 Å². The molecule has 0 bridgehead atoms. The van der Waals surface area contributed by atoms with Crippen molar-refractivity contribution in [2.75, 3.05) is 6.61 Å².